The summed E-state index contributed by atoms with van der Waals surface area (Å²) in [6.07, 6.45) is 0.796. The average Bonchev–Trinajstić information content (AvgIpc) is 2.41. The third-order valence-electron chi connectivity index (χ3n) is 2.62. The molecule has 0 aliphatic heterocycles. The Morgan fingerprint density at radius 1 is 1.35 bits per heavy atom. The van der Waals surface area contributed by atoms with Crippen LogP contribution in [0.2, 0.25) is 0 Å². The van der Waals surface area contributed by atoms with Gasteiger partial charge in [-0.1, -0.05) is 13.0 Å². The molecule has 0 fully saturated rings. The van der Waals surface area contributed by atoms with Gasteiger partial charge in [-0.2, -0.15) is 0 Å². The monoisotopic (exact) mass is 395 g/mol. The number of nitrogens with one attached hydrogen (secondary N) is 2. The van der Waals surface area contributed by atoms with Gasteiger partial charge in [-0.25, -0.2) is 4.39 Å². The van der Waals surface area contributed by atoms with Crippen LogP contribution in [0.15, 0.2) is 29.3 Å². The molecular weight excluding hydrogens is 372 g/mol. The van der Waals surface area contributed by atoms with E-state index in [1.54, 1.807) is 19.2 Å². The van der Waals surface area contributed by atoms with Crippen molar-refractivity contribution in [3.8, 4) is 5.75 Å². The van der Waals surface area contributed by atoms with Crippen molar-refractivity contribution in [1.29, 1.82) is 0 Å². The number of ether oxygens (including phenoxy) is 1. The van der Waals surface area contributed by atoms with Crippen molar-refractivity contribution in [1.82, 2.24) is 10.6 Å². The Morgan fingerprint density at radius 2 is 2.10 bits per heavy atom. The quantitative estimate of drug-likeness (QED) is 0.443. The van der Waals surface area contributed by atoms with E-state index in [1.165, 1.54) is 12.1 Å². The molecule has 0 amide bonds. The van der Waals surface area contributed by atoms with E-state index in [-0.39, 0.29) is 35.9 Å². The molecule has 2 N–H and O–H groups in total. The van der Waals surface area contributed by atoms with Gasteiger partial charge in [-0.05, 0) is 25.5 Å². The lowest BCUT2D eigenvalue weighted by Gasteiger charge is -2.19. The van der Waals surface area contributed by atoms with E-state index in [0.29, 0.717) is 12.3 Å². The fourth-order valence-electron chi connectivity index (χ4n) is 1.60. The Labute approximate surface area is 137 Å². The predicted octanol–water partition coefficient (Wildman–Crippen LogP) is 2.79. The van der Waals surface area contributed by atoms with Crippen LogP contribution in [-0.2, 0) is 0 Å². The van der Waals surface area contributed by atoms with Crippen LogP contribution in [0.5, 0.6) is 5.75 Å². The van der Waals surface area contributed by atoms with Crippen molar-refractivity contribution in [2.75, 3.05) is 20.1 Å². The maximum absolute atomic E-state index is 13.1. The second-order valence-corrected chi connectivity index (χ2v) is 4.09. The lowest BCUT2D eigenvalue weighted by molar-refractivity contribution is 0.199. The molecule has 0 heterocycles. The van der Waals surface area contributed by atoms with Gasteiger partial charge < -0.3 is 15.4 Å². The third-order valence-corrected chi connectivity index (χ3v) is 2.62. The van der Waals surface area contributed by atoms with Gasteiger partial charge in [0.15, 0.2) is 5.96 Å². The van der Waals surface area contributed by atoms with Crippen LogP contribution < -0.4 is 15.4 Å². The summed E-state index contributed by atoms with van der Waals surface area (Å²) in [5.41, 5.74) is 0. The van der Waals surface area contributed by atoms with Gasteiger partial charge in [0, 0.05) is 19.7 Å². The standard InChI is InChI=1S/C14H22FN3O.HI/c1-4-12(10-18-14(16-3)17-5-2)19-13-8-6-7-11(15)9-13;/h6-9,12H,4-5,10H2,1-3H3,(H2,16,17,18);1H. The number of hydrogen-bond acceptors (Lipinski definition) is 2. The minimum Gasteiger partial charge on any atom is -0.489 e. The molecule has 0 saturated heterocycles. The van der Waals surface area contributed by atoms with Crippen molar-refractivity contribution < 1.29 is 9.13 Å². The minimum absolute atomic E-state index is 0. The first kappa shape index (κ1) is 18.9. The number of rotatable bonds is 6. The molecule has 0 spiro atoms. The number of benzene rings is 1. The first-order valence-corrected chi connectivity index (χ1v) is 6.56. The Kier molecular flexibility index (Phi) is 10.1. The number of guanidine groups is 1. The second kappa shape index (κ2) is 10.7. The molecule has 1 unspecified atom stereocenters. The normalized spacial score (nSPS) is 12.3. The summed E-state index contributed by atoms with van der Waals surface area (Å²) in [4.78, 5) is 4.08. The zero-order valence-electron chi connectivity index (χ0n) is 12.1. The first-order valence-electron chi connectivity index (χ1n) is 6.56. The Hall–Kier alpha value is -1.05. The number of halogens is 2. The van der Waals surface area contributed by atoms with Crippen LogP contribution in [0, 0.1) is 5.82 Å². The van der Waals surface area contributed by atoms with Gasteiger partial charge in [0.1, 0.15) is 17.7 Å². The molecule has 0 saturated carbocycles. The molecule has 0 aliphatic carbocycles. The van der Waals surface area contributed by atoms with Crippen LogP contribution in [0.4, 0.5) is 4.39 Å². The summed E-state index contributed by atoms with van der Waals surface area (Å²) in [7, 11) is 1.72. The largest absolute Gasteiger partial charge is 0.489 e. The molecule has 20 heavy (non-hydrogen) atoms. The number of hydrogen-bond donors (Lipinski definition) is 2. The van der Waals surface area contributed by atoms with Crippen LogP contribution >= 0.6 is 24.0 Å². The Balaban J connectivity index is 0.00000361. The molecule has 0 bridgehead atoms. The SMILES string of the molecule is CCNC(=NC)NCC(CC)Oc1cccc(F)c1.I. The summed E-state index contributed by atoms with van der Waals surface area (Å²) < 4.78 is 18.8. The Bertz CT molecular complexity index is 415. The topological polar surface area (TPSA) is 45.7 Å². The van der Waals surface area contributed by atoms with Crippen molar-refractivity contribution >= 4 is 29.9 Å². The van der Waals surface area contributed by atoms with E-state index in [0.717, 1.165) is 18.9 Å². The smallest absolute Gasteiger partial charge is 0.191 e. The van der Waals surface area contributed by atoms with Crippen molar-refractivity contribution in [3.05, 3.63) is 30.1 Å². The van der Waals surface area contributed by atoms with Gasteiger partial charge in [0.2, 0.25) is 0 Å². The van der Waals surface area contributed by atoms with Gasteiger partial charge >= 0.3 is 0 Å². The highest BCUT2D eigenvalue weighted by Gasteiger charge is 2.09. The highest BCUT2D eigenvalue weighted by molar-refractivity contribution is 14.0. The average molecular weight is 395 g/mol. The van der Waals surface area contributed by atoms with Gasteiger partial charge in [0.05, 0.1) is 6.54 Å². The van der Waals surface area contributed by atoms with E-state index < -0.39 is 0 Å². The second-order valence-electron chi connectivity index (χ2n) is 4.09. The fraction of sp³-hybridized carbons (Fsp3) is 0.500. The van der Waals surface area contributed by atoms with Crippen LogP contribution in [0.1, 0.15) is 20.3 Å². The molecule has 0 aromatic heterocycles. The molecule has 114 valence electrons. The highest BCUT2D eigenvalue weighted by atomic mass is 127. The first-order chi connectivity index (χ1) is 9.19. The lowest BCUT2D eigenvalue weighted by atomic mass is 10.2. The minimum atomic E-state index is -0.288. The maximum Gasteiger partial charge on any atom is 0.191 e. The number of aliphatic imine (C=N–C) groups is 1. The third kappa shape index (κ3) is 6.93. The molecule has 0 radical (unpaired) electrons. The van der Waals surface area contributed by atoms with Gasteiger partial charge in [-0.3, -0.25) is 4.99 Å². The van der Waals surface area contributed by atoms with E-state index in [4.69, 9.17) is 4.74 Å². The molecule has 0 aliphatic rings. The summed E-state index contributed by atoms with van der Waals surface area (Å²) in [5.74, 6) is 1.000. The summed E-state index contributed by atoms with van der Waals surface area (Å²) in [5, 5.41) is 6.28. The molecule has 6 heteroatoms. The zero-order chi connectivity index (χ0) is 14.1. The van der Waals surface area contributed by atoms with Crippen molar-refractivity contribution in [2.45, 2.75) is 26.4 Å². The van der Waals surface area contributed by atoms with E-state index >= 15 is 0 Å². The summed E-state index contributed by atoms with van der Waals surface area (Å²) >= 11 is 0. The van der Waals surface area contributed by atoms with Gasteiger partial charge in [-0.15, -0.1) is 24.0 Å². The van der Waals surface area contributed by atoms with Crippen molar-refractivity contribution in [3.63, 3.8) is 0 Å². The molecule has 1 aromatic carbocycles. The molecule has 1 aromatic rings. The number of nitrogens with zero attached hydrogens (tertiary/aromatic N) is 1. The summed E-state index contributed by atoms with van der Waals surface area (Å²) in [6, 6.07) is 6.19. The molecule has 4 nitrogen and oxygen atoms in total. The van der Waals surface area contributed by atoms with Crippen molar-refractivity contribution in [2.24, 2.45) is 4.99 Å². The highest BCUT2D eigenvalue weighted by Crippen LogP contribution is 2.14. The maximum atomic E-state index is 13.1. The lowest BCUT2D eigenvalue weighted by Crippen LogP contribution is -2.42. The van der Waals surface area contributed by atoms with E-state index in [1.807, 2.05) is 13.8 Å². The summed E-state index contributed by atoms with van der Waals surface area (Å²) in [6.45, 7) is 5.46. The molecule has 1 atom stereocenters. The fourth-order valence-corrected chi connectivity index (χ4v) is 1.60. The molecule has 1 rings (SSSR count). The van der Waals surface area contributed by atoms with Crippen LogP contribution in [-0.4, -0.2) is 32.2 Å². The van der Waals surface area contributed by atoms with Crippen LogP contribution in [0.25, 0.3) is 0 Å². The van der Waals surface area contributed by atoms with Crippen LogP contribution in [0.3, 0.4) is 0 Å². The van der Waals surface area contributed by atoms with E-state index in [9.17, 15) is 4.39 Å². The van der Waals surface area contributed by atoms with E-state index in [2.05, 4.69) is 15.6 Å². The Morgan fingerprint density at radius 3 is 2.65 bits per heavy atom. The zero-order valence-corrected chi connectivity index (χ0v) is 14.5. The predicted molar refractivity (Wildman–Crippen MR) is 91.6 cm³/mol. The molecular formula is C14H23FIN3O. The van der Waals surface area contributed by atoms with Gasteiger partial charge in [0.25, 0.3) is 0 Å².